The van der Waals surface area contributed by atoms with E-state index in [2.05, 4.69) is 25.6 Å². The average Bonchev–Trinajstić information content (AvgIpc) is 2.56. The van der Waals surface area contributed by atoms with E-state index >= 15 is 0 Å². The molecule has 0 saturated carbocycles. The zero-order valence-corrected chi connectivity index (χ0v) is 13.1. The standard InChI is InChI=1S/C15H18ClN5O/c1-2-13-20-10-12(16)14(21-13)18-6-3-7-19-15(22)11-4-8-17-9-5-11/h4-5,8-10H,2-3,6-7H2,1H3,(H,19,22)(H,18,20,21). The zero-order chi connectivity index (χ0) is 15.8. The summed E-state index contributed by atoms with van der Waals surface area (Å²) in [5.41, 5.74) is 0.606. The number of pyridine rings is 1. The highest BCUT2D eigenvalue weighted by Gasteiger charge is 2.05. The van der Waals surface area contributed by atoms with E-state index in [0.29, 0.717) is 29.5 Å². The summed E-state index contributed by atoms with van der Waals surface area (Å²) < 4.78 is 0. The quantitative estimate of drug-likeness (QED) is 0.766. The number of amides is 1. The molecule has 6 nitrogen and oxygen atoms in total. The van der Waals surface area contributed by atoms with Crippen LogP contribution in [0.1, 0.15) is 29.5 Å². The van der Waals surface area contributed by atoms with Crippen molar-refractivity contribution in [2.24, 2.45) is 0 Å². The molecule has 2 N–H and O–H groups in total. The number of nitrogens with one attached hydrogen (secondary N) is 2. The molecule has 2 rings (SSSR count). The molecular formula is C15H18ClN5O. The van der Waals surface area contributed by atoms with Crippen molar-refractivity contribution < 1.29 is 4.79 Å². The monoisotopic (exact) mass is 319 g/mol. The van der Waals surface area contributed by atoms with Crippen molar-refractivity contribution in [3.63, 3.8) is 0 Å². The SMILES string of the molecule is CCc1ncc(Cl)c(NCCCNC(=O)c2ccncc2)n1. The molecule has 2 aromatic rings. The Labute approximate surface area is 134 Å². The minimum atomic E-state index is -0.101. The molecule has 0 aliphatic heterocycles. The molecule has 0 aliphatic rings. The lowest BCUT2D eigenvalue weighted by atomic mass is 10.2. The van der Waals surface area contributed by atoms with Gasteiger partial charge in [-0.05, 0) is 18.6 Å². The van der Waals surface area contributed by atoms with Gasteiger partial charge in [-0.2, -0.15) is 0 Å². The van der Waals surface area contributed by atoms with E-state index < -0.39 is 0 Å². The second-order valence-corrected chi connectivity index (χ2v) is 5.02. The van der Waals surface area contributed by atoms with E-state index in [0.717, 1.165) is 18.7 Å². The van der Waals surface area contributed by atoms with Crippen molar-refractivity contribution in [1.29, 1.82) is 0 Å². The van der Waals surface area contributed by atoms with Crippen molar-refractivity contribution in [1.82, 2.24) is 20.3 Å². The fourth-order valence-electron chi connectivity index (χ4n) is 1.80. The van der Waals surface area contributed by atoms with E-state index in [1.165, 1.54) is 0 Å². The predicted octanol–water partition coefficient (Wildman–Crippen LogP) is 2.32. The summed E-state index contributed by atoms with van der Waals surface area (Å²) in [4.78, 5) is 24.1. The summed E-state index contributed by atoms with van der Waals surface area (Å²) in [6, 6.07) is 3.36. The van der Waals surface area contributed by atoms with Crippen LogP contribution in [0.2, 0.25) is 5.02 Å². The Kier molecular flexibility index (Phi) is 6.09. The number of rotatable bonds is 7. The Morgan fingerprint density at radius 3 is 2.77 bits per heavy atom. The molecule has 2 aromatic heterocycles. The average molecular weight is 320 g/mol. The van der Waals surface area contributed by atoms with Crippen LogP contribution in [0.15, 0.2) is 30.7 Å². The minimum absolute atomic E-state index is 0.101. The van der Waals surface area contributed by atoms with E-state index in [9.17, 15) is 4.79 Å². The summed E-state index contributed by atoms with van der Waals surface area (Å²) in [7, 11) is 0. The van der Waals surface area contributed by atoms with Crippen molar-refractivity contribution in [2.45, 2.75) is 19.8 Å². The number of hydrogen-bond acceptors (Lipinski definition) is 5. The maximum absolute atomic E-state index is 11.8. The number of hydrogen-bond donors (Lipinski definition) is 2. The van der Waals surface area contributed by atoms with Gasteiger partial charge in [0.25, 0.3) is 5.91 Å². The molecule has 116 valence electrons. The minimum Gasteiger partial charge on any atom is -0.369 e. The number of aryl methyl sites for hydroxylation is 1. The van der Waals surface area contributed by atoms with Crippen molar-refractivity contribution in [2.75, 3.05) is 18.4 Å². The molecule has 0 saturated heterocycles. The lowest BCUT2D eigenvalue weighted by Crippen LogP contribution is -2.25. The Bertz CT molecular complexity index is 621. The second-order valence-electron chi connectivity index (χ2n) is 4.61. The van der Waals surface area contributed by atoms with Gasteiger partial charge in [-0.1, -0.05) is 18.5 Å². The molecule has 0 aromatic carbocycles. The number of aromatic nitrogens is 3. The first kappa shape index (κ1) is 16.2. The molecule has 22 heavy (non-hydrogen) atoms. The number of carbonyl (C=O) groups is 1. The fourth-order valence-corrected chi connectivity index (χ4v) is 1.96. The van der Waals surface area contributed by atoms with Gasteiger partial charge in [0, 0.05) is 37.5 Å². The zero-order valence-electron chi connectivity index (χ0n) is 12.3. The summed E-state index contributed by atoms with van der Waals surface area (Å²) in [6.45, 7) is 3.22. The summed E-state index contributed by atoms with van der Waals surface area (Å²) in [5, 5.41) is 6.50. The molecule has 0 aliphatic carbocycles. The highest BCUT2D eigenvalue weighted by Crippen LogP contribution is 2.17. The summed E-state index contributed by atoms with van der Waals surface area (Å²) >= 11 is 6.03. The molecule has 7 heteroatoms. The second kappa shape index (κ2) is 8.29. The molecule has 0 bridgehead atoms. The van der Waals surface area contributed by atoms with E-state index in [1.54, 1.807) is 30.7 Å². The van der Waals surface area contributed by atoms with Gasteiger partial charge >= 0.3 is 0 Å². The van der Waals surface area contributed by atoms with E-state index in [1.807, 2.05) is 6.92 Å². The van der Waals surface area contributed by atoms with Gasteiger partial charge in [0.1, 0.15) is 16.7 Å². The third-order valence-electron chi connectivity index (χ3n) is 2.98. The van der Waals surface area contributed by atoms with Gasteiger partial charge in [0.15, 0.2) is 0 Å². The summed E-state index contributed by atoms with van der Waals surface area (Å²) in [6.07, 6.45) is 6.31. The highest BCUT2D eigenvalue weighted by atomic mass is 35.5. The van der Waals surface area contributed by atoms with Crippen molar-refractivity contribution in [3.8, 4) is 0 Å². The largest absolute Gasteiger partial charge is 0.369 e. The molecule has 0 radical (unpaired) electrons. The van der Waals surface area contributed by atoms with Crippen LogP contribution >= 0.6 is 11.6 Å². The van der Waals surface area contributed by atoms with Crippen LogP contribution < -0.4 is 10.6 Å². The molecule has 2 heterocycles. The van der Waals surface area contributed by atoms with E-state index in [-0.39, 0.29) is 5.91 Å². The molecule has 0 atom stereocenters. The Morgan fingerprint density at radius 1 is 1.27 bits per heavy atom. The van der Waals surface area contributed by atoms with Crippen LogP contribution in [0.5, 0.6) is 0 Å². The van der Waals surface area contributed by atoms with Crippen LogP contribution in [-0.4, -0.2) is 33.9 Å². The van der Waals surface area contributed by atoms with Gasteiger partial charge < -0.3 is 10.6 Å². The molecular weight excluding hydrogens is 302 g/mol. The third-order valence-corrected chi connectivity index (χ3v) is 3.26. The first-order valence-corrected chi connectivity index (χ1v) is 7.52. The van der Waals surface area contributed by atoms with Crippen LogP contribution in [0.25, 0.3) is 0 Å². The van der Waals surface area contributed by atoms with Gasteiger partial charge in [-0.25, -0.2) is 9.97 Å². The van der Waals surface area contributed by atoms with Gasteiger partial charge in [-0.15, -0.1) is 0 Å². The molecule has 0 unspecified atom stereocenters. The maximum Gasteiger partial charge on any atom is 0.251 e. The van der Waals surface area contributed by atoms with Crippen molar-refractivity contribution >= 4 is 23.3 Å². The topological polar surface area (TPSA) is 79.8 Å². The Balaban J connectivity index is 1.72. The lowest BCUT2D eigenvalue weighted by molar-refractivity contribution is 0.0953. The number of carbonyl (C=O) groups excluding carboxylic acids is 1. The highest BCUT2D eigenvalue weighted by molar-refractivity contribution is 6.32. The summed E-state index contributed by atoms with van der Waals surface area (Å²) in [5.74, 6) is 1.28. The normalized spacial score (nSPS) is 10.3. The molecule has 1 amide bonds. The van der Waals surface area contributed by atoms with Gasteiger partial charge in [0.2, 0.25) is 0 Å². The Morgan fingerprint density at radius 2 is 2.05 bits per heavy atom. The number of nitrogens with zero attached hydrogens (tertiary/aromatic N) is 3. The van der Waals surface area contributed by atoms with Gasteiger partial charge in [-0.3, -0.25) is 9.78 Å². The molecule has 0 spiro atoms. The fraction of sp³-hybridized carbons (Fsp3) is 0.333. The van der Waals surface area contributed by atoms with Gasteiger partial charge in [0.05, 0.1) is 6.20 Å². The maximum atomic E-state index is 11.8. The number of halogens is 1. The smallest absolute Gasteiger partial charge is 0.251 e. The van der Waals surface area contributed by atoms with Crippen LogP contribution in [-0.2, 0) is 6.42 Å². The van der Waals surface area contributed by atoms with Crippen molar-refractivity contribution in [3.05, 3.63) is 47.1 Å². The first-order valence-electron chi connectivity index (χ1n) is 7.14. The molecule has 0 fully saturated rings. The van der Waals surface area contributed by atoms with Crippen LogP contribution in [0.3, 0.4) is 0 Å². The Hall–Kier alpha value is -2.21. The predicted molar refractivity (Wildman–Crippen MR) is 86.1 cm³/mol. The van der Waals surface area contributed by atoms with Crippen LogP contribution in [0, 0.1) is 0 Å². The van der Waals surface area contributed by atoms with Crippen LogP contribution in [0.4, 0.5) is 5.82 Å². The van der Waals surface area contributed by atoms with E-state index in [4.69, 9.17) is 11.6 Å². The number of anilines is 1. The first-order chi connectivity index (χ1) is 10.7. The third kappa shape index (κ3) is 4.66. The lowest BCUT2D eigenvalue weighted by Gasteiger charge is -2.09.